The number of amides is 2. The minimum atomic E-state index is -0.689. The van der Waals surface area contributed by atoms with Gasteiger partial charge in [0.25, 0.3) is 0 Å². The van der Waals surface area contributed by atoms with E-state index in [9.17, 15) is 14.7 Å². The normalized spacial score (nSPS) is 12.9. The first-order chi connectivity index (χ1) is 14.2. The molecule has 0 heterocycles. The van der Waals surface area contributed by atoms with E-state index in [0.29, 0.717) is 13.0 Å². The first kappa shape index (κ1) is 23.4. The molecule has 0 spiro atoms. The molecule has 0 radical (unpaired) electrons. The summed E-state index contributed by atoms with van der Waals surface area (Å²) >= 11 is 0. The third-order valence-corrected chi connectivity index (χ3v) is 5.61. The van der Waals surface area contributed by atoms with Gasteiger partial charge in [-0.05, 0) is 81.5 Å². The van der Waals surface area contributed by atoms with Gasteiger partial charge in [-0.15, -0.1) is 0 Å². The molecule has 30 heavy (non-hydrogen) atoms. The highest BCUT2D eigenvalue weighted by Gasteiger charge is 2.29. The molecule has 2 aromatic carbocycles. The number of phenolic OH excluding ortho intramolecular Hbond substituents is 1. The van der Waals surface area contributed by atoms with Crippen molar-refractivity contribution in [2.75, 3.05) is 13.6 Å². The molecular weight excluding hydrogens is 378 g/mol. The fourth-order valence-corrected chi connectivity index (χ4v) is 3.76. The number of likely N-dealkylation sites (N-methyl/N-ethyl adjacent to an activating group) is 1. The zero-order valence-corrected chi connectivity index (χ0v) is 18.3. The Bertz CT molecular complexity index is 844. The van der Waals surface area contributed by atoms with Crippen LogP contribution in [-0.4, -0.2) is 47.5 Å². The number of phenols is 1. The number of carbonyl (C=O) groups is 2. The van der Waals surface area contributed by atoms with E-state index in [-0.39, 0.29) is 11.7 Å². The van der Waals surface area contributed by atoms with Crippen molar-refractivity contribution in [2.24, 2.45) is 5.73 Å². The van der Waals surface area contributed by atoms with E-state index < -0.39 is 18.0 Å². The average molecular weight is 412 g/mol. The van der Waals surface area contributed by atoms with E-state index in [1.807, 2.05) is 32.0 Å². The summed E-state index contributed by atoms with van der Waals surface area (Å²) in [5, 5.41) is 12.9. The minimum absolute atomic E-state index is 0.149. The van der Waals surface area contributed by atoms with Crippen LogP contribution in [0.5, 0.6) is 5.75 Å². The molecule has 2 rings (SSSR count). The molecule has 0 aliphatic heterocycles. The van der Waals surface area contributed by atoms with Crippen LogP contribution in [0.1, 0.15) is 35.6 Å². The second kappa shape index (κ2) is 10.8. The van der Waals surface area contributed by atoms with Crippen molar-refractivity contribution in [2.45, 2.75) is 52.1 Å². The molecule has 4 N–H and O–H groups in total. The number of aryl methyl sites for hydroxylation is 3. The van der Waals surface area contributed by atoms with Gasteiger partial charge in [0.1, 0.15) is 11.8 Å². The Labute approximate surface area is 179 Å². The molecule has 2 aromatic rings. The number of aromatic hydroxyl groups is 1. The number of nitrogens with two attached hydrogens (primary N) is 1. The van der Waals surface area contributed by atoms with Gasteiger partial charge in [0, 0.05) is 6.54 Å². The minimum Gasteiger partial charge on any atom is -0.508 e. The fraction of sp³-hybridized carbons (Fsp3) is 0.417. The number of nitrogens with zero attached hydrogens (tertiary/aromatic N) is 1. The second-order valence-corrected chi connectivity index (χ2v) is 7.80. The van der Waals surface area contributed by atoms with Crippen LogP contribution in [0.25, 0.3) is 0 Å². The number of carbonyl (C=O) groups excluding carboxylic acids is 2. The molecule has 0 aromatic heterocycles. The summed E-state index contributed by atoms with van der Waals surface area (Å²) in [6.07, 6.45) is 2.02. The maximum Gasteiger partial charge on any atom is 0.240 e. The fourth-order valence-electron chi connectivity index (χ4n) is 3.76. The maximum absolute atomic E-state index is 13.4. The highest BCUT2D eigenvalue weighted by molar-refractivity contribution is 5.89. The number of hydrogen-bond donors (Lipinski definition) is 3. The second-order valence-electron chi connectivity index (χ2n) is 7.80. The van der Waals surface area contributed by atoms with Gasteiger partial charge in [-0.1, -0.05) is 30.3 Å². The number of rotatable bonds is 10. The SMILES string of the molecule is CN[C@@H](Cc1c(C)cc(O)cc1C)C(=O)N(CCCc1ccccc1)[C@H](C)C(N)=O. The smallest absolute Gasteiger partial charge is 0.240 e. The summed E-state index contributed by atoms with van der Waals surface area (Å²) in [5.74, 6) is -0.454. The molecule has 2 amide bonds. The highest BCUT2D eigenvalue weighted by Crippen LogP contribution is 2.22. The summed E-state index contributed by atoms with van der Waals surface area (Å²) < 4.78 is 0. The van der Waals surface area contributed by atoms with Crippen LogP contribution in [0.15, 0.2) is 42.5 Å². The van der Waals surface area contributed by atoms with E-state index in [1.165, 1.54) is 5.56 Å². The third-order valence-electron chi connectivity index (χ3n) is 5.61. The molecule has 6 nitrogen and oxygen atoms in total. The average Bonchev–Trinajstić information content (AvgIpc) is 2.70. The van der Waals surface area contributed by atoms with Crippen LogP contribution in [0.2, 0.25) is 0 Å². The lowest BCUT2D eigenvalue weighted by molar-refractivity contribution is -0.140. The van der Waals surface area contributed by atoms with Crippen LogP contribution in [0.3, 0.4) is 0 Å². The number of nitrogens with one attached hydrogen (secondary N) is 1. The summed E-state index contributed by atoms with van der Waals surface area (Å²) in [6, 6.07) is 12.3. The van der Waals surface area contributed by atoms with E-state index in [1.54, 1.807) is 31.0 Å². The van der Waals surface area contributed by atoms with Crippen LogP contribution in [-0.2, 0) is 22.4 Å². The van der Waals surface area contributed by atoms with E-state index in [0.717, 1.165) is 29.5 Å². The largest absolute Gasteiger partial charge is 0.508 e. The molecule has 0 fully saturated rings. The van der Waals surface area contributed by atoms with E-state index in [4.69, 9.17) is 5.73 Å². The lowest BCUT2D eigenvalue weighted by Gasteiger charge is -2.31. The highest BCUT2D eigenvalue weighted by atomic mass is 16.3. The molecule has 162 valence electrons. The molecule has 2 atom stereocenters. The van der Waals surface area contributed by atoms with Crippen molar-refractivity contribution < 1.29 is 14.7 Å². The quantitative estimate of drug-likeness (QED) is 0.560. The molecule has 0 bridgehead atoms. The first-order valence-corrected chi connectivity index (χ1v) is 10.3. The Kier molecular flexibility index (Phi) is 8.42. The standard InChI is InChI=1S/C24H33N3O3/c1-16-13-20(28)14-17(2)21(16)15-22(26-4)24(30)27(18(3)23(25)29)12-8-11-19-9-6-5-7-10-19/h5-7,9-10,13-14,18,22,26,28H,8,11-12,15H2,1-4H3,(H2,25,29)/t18-,22+/m1/s1. The van der Waals surface area contributed by atoms with Gasteiger partial charge in [0.05, 0.1) is 6.04 Å². The molecule has 0 aliphatic rings. The Hall–Kier alpha value is -2.86. The predicted octanol–water partition coefficient (Wildman–Crippen LogP) is 2.47. The van der Waals surface area contributed by atoms with Gasteiger partial charge in [0.2, 0.25) is 11.8 Å². The van der Waals surface area contributed by atoms with Crippen molar-refractivity contribution in [1.29, 1.82) is 0 Å². The zero-order valence-electron chi connectivity index (χ0n) is 18.3. The predicted molar refractivity (Wildman–Crippen MR) is 119 cm³/mol. The summed E-state index contributed by atoms with van der Waals surface area (Å²) in [4.78, 5) is 26.8. The van der Waals surface area contributed by atoms with Crippen molar-refractivity contribution in [1.82, 2.24) is 10.2 Å². The Morgan fingerprint density at radius 1 is 1.13 bits per heavy atom. The summed E-state index contributed by atoms with van der Waals surface area (Å²) in [7, 11) is 1.74. The summed E-state index contributed by atoms with van der Waals surface area (Å²) in [5.41, 5.74) is 9.60. The monoisotopic (exact) mass is 411 g/mol. The molecule has 0 aliphatic carbocycles. The Morgan fingerprint density at radius 2 is 1.73 bits per heavy atom. The van der Waals surface area contributed by atoms with Crippen molar-refractivity contribution in [3.8, 4) is 5.75 Å². The number of benzene rings is 2. The number of hydrogen-bond acceptors (Lipinski definition) is 4. The molecule has 6 heteroatoms. The van der Waals surface area contributed by atoms with Gasteiger partial charge in [-0.3, -0.25) is 9.59 Å². The molecule has 0 unspecified atom stereocenters. The molecular formula is C24H33N3O3. The van der Waals surface area contributed by atoms with Gasteiger partial charge in [0.15, 0.2) is 0 Å². The van der Waals surface area contributed by atoms with E-state index >= 15 is 0 Å². The maximum atomic E-state index is 13.4. The first-order valence-electron chi connectivity index (χ1n) is 10.3. The van der Waals surface area contributed by atoms with Crippen molar-refractivity contribution in [3.05, 3.63) is 64.7 Å². The lowest BCUT2D eigenvalue weighted by Crippen LogP contribution is -2.53. The van der Waals surface area contributed by atoms with Crippen molar-refractivity contribution >= 4 is 11.8 Å². The zero-order chi connectivity index (χ0) is 22.3. The van der Waals surface area contributed by atoms with Crippen LogP contribution in [0.4, 0.5) is 0 Å². The van der Waals surface area contributed by atoms with Crippen LogP contribution < -0.4 is 11.1 Å². The third kappa shape index (κ3) is 6.07. The topological polar surface area (TPSA) is 95.7 Å². The summed E-state index contributed by atoms with van der Waals surface area (Å²) in [6.45, 7) is 5.96. The number of primary amides is 1. The van der Waals surface area contributed by atoms with Gasteiger partial charge < -0.3 is 21.1 Å². The lowest BCUT2D eigenvalue weighted by atomic mass is 9.95. The van der Waals surface area contributed by atoms with Crippen LogP contribution >= 0.6 is 0 Å². The van der Waals surface area contributed by atoms with Gasteiger partial charge in [-0.25, -0.2) is 0 Å². The Balaban J connectivity index is 2.16. The van der Waals surface area contributed by atoms with Gasteiger partial charge in [-0.2, -0.15) is 0 Å². The molecule has 0 saturated heterocycles. The Morgan fingerprint density at radius 3 is 2.27 bits per heavy atom. The van der Waals surface area contributed by atoms with Crippen molar-refractivity contribution in [3.63, 3.8) is 0 Å². The van der Waals surface area contributed by atoms with E-state index in [2.05, 4.69) is 17.4 Å². The molecule has 0 saturated carbocycles. The van der Waals surface area contributed by atoms with Crippen LogP contribution in [0, 0.1) is 13.8 Å². The van der Waals surface area contributed by atoms with Gasteiger partial charge >= 0.3 is 0 Å².